The van der Waals surface area contributed by atoms with E-state index in [9.17, 15) is 14.4 Å². The summed E-state index contributed by atoms with van der Waals surface area (Å²) in [5.41, 5.74) is -0.369. The van der Waals surface area contributed by atoms with E-state index in [1.165, 1.54) is 18.7 Å². The number of nitrogens with zero attached hydrogens (tertiary/aromatic N) is 4. The Morgan fingerprint density at radius 2 is 1.70 bits per heavy atom. The van der Waals surface area contributed by atoms with Gasteiger partial charge in [0.15, 0.2) is 11.2 Å². The lowest BCUT2D eigenvalue weighted by atomic mass is 10.1. The minimum atomic E-state index is -0.954. The number of carbonyl (C=O) groups excluding carboxylic acids is 1. The quantitative estimate of drug-likeness (QED) is 0.645. The van der Waals surface area contributed by atoms with Gasteiger partial charge in [-0.05, 0) is 13.8 Å². The molecule has 0 unspecified atom stereocenters. The monoisotopic (exact) mass is 370 g/mol. The first-order chi connectivity index (χ1) is 12.8. The lowest BCUT2D eigenvalue weighted by Gasteiger charge is -2.13. The number of ether oxygens (including phenoxy) is 2. The van der Waals surface area contributed by atoms with Gasteiger partial charge in [0, 0.05) is 19.7 Å². The van der Waals surface area contributed by atoms with Gasteiger partial charge in [0.05, 0.1) is 6.10 Å². The van der Waals surface area contributed by atoms with Crippen LogP contribution in [-0.4, -0.2) is 31.4 Å². The van der Waals surface area contributed by atoms with Gasteiger partial charge in [0.1, 0.15) is 5.69 Å². The Morgan fingerprint density at radius 1 is 1.04 bits per heavy atom. The van der Waals surface area contributed by atoms with Crippen LogP contribution in [0.4, 0.5) is 4.79 Å². The zero-order chi connectivity index (χ0) is 19.7. The van der Waals surface area contributed by atoms with E-state index >= 15 is 0 Å². The van der Waals surface area contributed by atoms with Crippen LogP contribution in [0.15, 0.2) is 39.9 Å². The topological polar surface area (TPSA) is 105 Å². The molecule has 3 aromatic rings. The molecule has 2 heterocycles. The molecule has 9 nitrogen and oxygen atoms in total. The van der Waals surface area contributed by atoms with Crippen LogP contribution in [-0.2, 0) is 18.8 Å². The van der Waals surface area contributed by atoms with Crippen molar-refractivity contribution in [3.63, 3.8) is 0 Å². The van der Waals surface area contributed by atoms with E-state index in [-0.39, 0.29) is 28.8 Å². The fourth-order valence-electron chi connectivity index (χ4n) is 2.50. The third-order valence-corrected chi connectivity index (χ3v) is 3.80. The molecule has 0 bridgehead atoms. The minimum Gasteiger partial charge on any atom is -0.431 e. The molecule has 3 rings (SSSR count). The molecule has 140 valence electrons. The average molecular weight is 370 g/mol. The van der Waals surface area contributed by atoms with Crippen molar-refractivity contribution >= 4 is 17.3 Å². The van der Waals surface area contributed by atoms with Crippen molar-refractivity contribution in [1.29, 1.82) is 0 Å². The summed E-state index contributed by atoms with van der Waals surface area (Å²) in [7, 11) is 2.82. The molecule has 0 amide bonds. The number of rotatable bonds is 3. The summed E-state index contributed by atoms with van der Waals surface area (Å²) in [5, 5.41) is 0. The lowest BCUT2D eigenvalue weighted by Crippen LogP contribution is -2.37. The Labute approximate surface area is 153 Å². The van der Waals surface area contributed by atoms with E-state index in [0.717, 1.165) is 4.57 Å². The number of hydrogen-bond donors (Lipinski definition) is 0. The summed E-state index contributed by atoms with van der Waals surface area (Å²) >= 11 is 0. The van der Waals surface area contributed by atoms with Crippen molar-refractivity contribution in [2.45, 2.75) is 20.0 Å². The number of carbonyl (C=O) groups is 1. The maximum absolute atomic E-state index is 12.5. The number of fused-ring (bicyclic) bond motifs is 1. The molecule has 0 aliphatic heterocycles. The molecule has 0 saturated carbocycles. The largest absolute Gasteiger partial charge is 0.515 e. The molecule has 0 atom stereocenters. The van der Waals surface area contributed by atoms with E-state index in [0.29, 0.717) is 5.56 Å². The number of aryl methyl sites for hydroxylation is 1. The highest BCUT2D eigenvalue weighted by Crippen LogP contribution is 2.27. The Balaban J connectivity index is 2.29. The van der Waals surface area contributed by atoms with Crippen molar-refractivity contribution in [2.24, 2.45) is 14.1 Å². The first-order valence-electron chi connectivity index (χ1n) is 8.21. The van der Waals surface area contributed by atoms with E-state index in [1.54, 1.807) is 38.1 Å². The fraction of sp³-hybridized carbons (Fsp3) is 0.278. The number of hydrogen-bond acceptors (Lipinski definition) is 7. The van der Waals surface area contributed by atoms with Gasteiger partial charge in [-0.3, -0.25) is 13.9 Å². The second kappa shape index (κ2) is 7.02. The first kappa shape index (κ1) is 18.3. The predicted molar refractivity (Wildman–Crippen MR) is 97.7 cm³/mol. The summed E-state index contributed by atoms with van der Waals surface area (Å²) in [4.78, 5) is 45.2. The summed E-state index contributed by atoms with van der Waals surface area (Å²) in [6.07, 6.45) is -1.34. The molecule has 2 aromatic heterocycles. The molecule has 0 fully saturated rings. The average Bonchev–Trinajstić information content (AvgIpc) is 2.64. The van der Waals surface area contributed by atoms with Crippen molar-refractivity contribution in [1.82, 2.24) is 19.1 Å². The molecular weight excluding hydrogens is 352 g/mol. The maximum atomic E-state index is 12.5. The summed E-state index contributed by atoms with van der Waals surface area (Å²) in [6, 6.07) is 8.84. The summed E-state index contributed by atoms with van der Waals surface area (Å²) < 4.78 is 12.3. The smallest absolute Gasteiger partial charge is 0.431 e. The number of benzene rings is 1. The third kappa shape index (κ3) is 3.43. The molecule has 0 spiro atoms. The highest BCUT2D eigenvalue weighted by Gasteiger charge is 2.21. The molecule has 0 aliphatic rings. The number of aromatic nitrogens is 4. The van der Waals surface area contributed by atoms with Crippen LogP contribution in [0.25, 0.3) is 22.4 Å². The Hall–Kier alpha value is -3.49. The second-order valence-corrected chi connectivity index (χ2v) is 6.14. The van der Waals surface area contributed by atoms with Crippen LogP contribution in [0.3, 0.4) is 0 Å². The maximum Gasteiger partial charge on any atom is 0.515 e. The Kier molecular flexibility index (Phi) is 4.76. The van der Waals surface area contributed by atoms with Crippen molar-refractivity contribution in [3.8, 4) is 17.1 Å². The third-order valence-electron chi connectivity index (χ3n) is 3.80. The summed E-state index contributed by atoms with van der Waals surface area (Å²) in [5.74, 6) is -0.150. The standard InChI is InChI=1S/C18H18N4O5/c1-10(2)26-18(25)27-15-12(11-8-6-5-7-9-11)19-13-14(20-15)21(3)17(24)22(4)16(13)23/h5-10H,1-4H3. The van der Waals surface area contributed by atoms with Gasteiger partial charge in [-0.1, -0.05) is 30.3 Å². The Bertz CT molecular complexity index is 1130. The highest BCUT2D eigenvalue weighted by atomic mass is 16.7. The van der Waals surface area contributed by atoms with Gasteiger partial charge >= 0.3 is 11.8 Å². The summed E-state index contributed by atoms with van der Waals surface area (Å²) in [6.45, 7) is 3.36. The van der Waals surface area contributed by atoms with Crippen molar-refractivity contribution < 1.29 is 14.3 Å². The second-order valence-electron chi connectivity index (χ2n) is 6.14. The molecule has 9 heteroatoms. The van der Waals surface area contributed by atoms with Crippen molar-refractivity contribution in [2.75, 3.05) is 0 Å². The zero-order valence-corrected chi connectivity index (χ0v) is 15.3. The van der Waals surface area contributed by atoms with Crippen LogP contribution >= 0.6 is 0 Å². The molecule has 0 N–H and O–H groups in total. The fourth-order valence-corrected chi connectivity index (χ4v) is 2.50. The van der Waals surface area contributed by atoms with Crippen LogP contribution < -0.4 is 16.0 Å². The van der Waals surface area contributed by atoms with Crippen LogP contribution in [0.1, 0.15) is 13.8 Å². The Morgan fingerprint density at radius 3 is 2.33 bits per heavy atom. The van der Waals surface area contributed by atoms with Crippen molar-refractivity contribution in [3.05, 3.63) is 51.2 Å². The SMILES string of the molecule is CC(C)OC(=O)Oc1nc2c(nc1-c1ccccc1)c(=O)n(C)c(=O)n2C. The first-order valence-corrected chi connectivity index (χ1v) is 8.21. The van der Waals surface area contributed by atoms with Crippen LogP contribution in [0, 0.1) is 0 Å². The van der Waals surface area contributed by atoms with E-state index in [2.05, 4.69) is 9.97 Å². The molecule has 1 aromatic carbocycles. The molecule has 27 heavy (non-hydrogen) atoms. The van der Waals surface area contributed by atoms with Gasteiger partial charge < -0.3 is 9.47 Å². The van der Waals surface area contributed by atoms with Gasteiger partial charge in [0.25, 0.3) is 11.4 Å². The minimum absolute atomic E-state index is 0.00938. The predicted octanol–water partition coefficient (Wildman–Crippen LogP) is 1.62. The molecule has 0 saturated heterocycles. The van der Waals surface area contributed by atoms with E-state index in [1.807, 2.05) is 6.07 Å². The molecular formula is C18H18N4O5. The molecule has 0 radical (unpaired) electrons. The van der Waals surface area contributed by atoms with E-state index < -0.39 is 17.4 Å². The zero-order valence-electron chi connectivity index (χ0n) is 15.3. The van der Waals surface area contributed by atoms with Gasteiger partial charge in [0.2, 0.25) is 0 Å². The lowest BCUT2D eigenvalue weighted by molar-refractivity contribution is 0.0717. The van der Waals surface area contributed by atoms with Gasteiger partial charge in [-0.25, -0.2) is 14.6 Å². The van der Waals surface area contributed by atoms with Gasteiger partial charge in [-0.15, -0.1) is 0 Å². The highest BCUT2D eigenvalue weighted by molar-refractivity contribution is 5.78. The van der Waals surface area contributed by atoms with Crippen LogP contribution in [0.5, 0.6) is 5.88 Å². The van der Waals surface area contributed by atoms with Crippen LogP contribution in [0.2, 0.25) is 0 Å². The normalized spacial score (nSPS) is 11.0. The van der Waals surface area contributed by atoms with E-state index in [4.69, 9.17) is 9.47 Å². The van der Waals surface area contributed by atoms with Gasteiger partial charge in [-0.2, -0.15) is 4.98 Å². The molecule has 0 aliphatic carbocycles.